The number of carbonyl (C=O) groups is 1. The standard InChI is InChI=1S/C23H26FN2OS/c1-2-14-26(22(27)16-28-19-6-4-3-5-7-19)17-23(10-12-25-13-11-23)20-15-18(24)8-9-21(20)26/h2-9,15,25H,1,10-14,16-17H2/q+1. The fraction of sp³-hybridized carbons (Fsp3) is 0.348. The van der Waals surface area contributed by atoms with Gasteiger partial charge in [-0.1, -0.05) is 24.8 Å². The summed E-state index contributed by atoms with van der Waals surface area (Å²) in [5.41, 5.74) is 1.84. The van der Waals surface area contributed by atoms with Crippen LogP contribution in [0.5, 0.6) is 0 Å². The van der Waals surface area contributed by atoms with E-state index in [0.717, 1.165) is 42.1 Å². The number of benzene rings is 2. The number of piperidine rings is 1. The highest BCUT2D eigenvalue weighted by Crippen LogP contribution is 2.50. The van der Waals surface area contributed by atoms with Crippen LogP contribution in [0.4, 0.5) is 10.1 Å². The first-order valence-corrected chi connectivity index (χ1v) is 10.8. The Labute approximate surface area is 170 Å². The molecule has 1 amide bonds. The lowest BCUT2D eigenvalue weighted by atomic mass is 9.74. The van der Waals surface area contributed by atoms with Gasteiger partial charge in [0.25, 0.3) is 0 Å². The molecule has 1 fully saturated rings. The number of quaternary nitrogens is 1. The number of rotatable bonds is 5. The van der Waals surface area contributed by atoms with Crippen molar-refractivity contribution in [1.82, 2.24) is 9.80 Å². The molecule has 0 saturated carbocycles. The van der Waals surface area contributed by atoms with Gasteiger partial charge in [0, 0.05) is 16.5 Å². The number of hydrogen-bond acceptors (Lipinski definition) is 3. The Morgan fingerprint density at radius 2 is 1.96 bits per heavy atom. The minimum atomic E-state index is -0.221. The maximum absolute atomic E-state index is 14.2. The molecular formula is C23H26FN2OS+. The van der Waals surface area contributed by atoms with E-state index in [1.54, 1.807) is 17.8 Å². The molecule has 0 aromatic heterocycles. The molecule has 2 aliphatic rings. The zero-order valence-corrected chi connectivity index (χ0v) is 16.8. The van der Waals surface area contributed by atoms with Crippen LogP contribution in [0.15, 0.2) is 66.1 Å². The second kappa shape index (κ2) is 7.82. The summed E-state index contributed by atoms with van der Waals surface area (Å²) in [6, 6.07) is 15.0. The molecule has 2 heterocycles. The first kappa shape index (κ1) is 19.4. The molecule has 0 radical (unpaired) electrons. The maximum Gasteiger partial charge on any atom is 0.329 e. The van der Waals surface area contributed by atoms with Crippen LogP contribution < -0.4 is 9.80 Å². The fourth-order valence-corrected chi connectivity index (χ4v) is 5.71. The summed E-state index contributed by atoms with van der Waals surface area (Å²) >= 11 is 1.57. The molecule has 146 valence electrons. The molecule has 2 aromatic rings. The minimum absolute atomic E-state index is 0.140. The van der Waals surface area contributed by atoms with E-state index in [0.29, 0.717) is 18.8 Å². The van der Waals surface area contributed by atoms with Gasteiger partial charge < -0.3 is 5.32 Å². The maximum atomic E-state index is 14.2. The third kappa shape index (κ3) is 3.32. The summed E-state index contributed by atoms with van der Waals surface area (Å²) in [5, 5.41) is 3.41. The number of nitrogens with zero attached hydrogens (tertiary/aromatic N) is 1. The number of amides is 1. The minimum Gasteiger partial charge on any atom is -0.317 e. The SMILES string of the molecule is C=CC[N+]1(C(=O)CSc2ccccc2)CC2(CCNCC2)c2cc(F)ccc21. The summed E-state index contributed by atoms with van der Waals surface area (Å²) in [7, 11) is 0. The van der Waals surface area contributed by atoms with Crippen molar-refractivity contribution >= 4 is 23.4 Å². The highest BCUT2D eigenvalue weighted by molar-refractivity contribution is 8.00. The zero-order valence-electron chi connectivity index (χ0n) is 16.0. The van der Waals surface area contributed by atoms with Gasteiger partial charge in [0.05, 0.1) is 5.41 Å². The number of fused-ring (bicyclic) bond motifs is 2. The predicted molar refractivity (Wildman–Crippen MR) is 114 cm³/mol. The normalized spacial score (nSPS) is 22.8. The lowest BCUT2D eigenvalue weighted by Crippen LogP contribution is -2.58. The van der Waals surface area contributed by atoms with Crippen molar-refractivity contribution < 1.29 is 9.18 Å². The topological polar surface area (TPSA) is 29.1 Å². The smallest absolute Gasteiger partial charge is 0.317 e. The molecule has 3 nitrogen and oxygen atoms in total. The molecule has 1 atom stereocenters. The Morgan fingerprint density at radius 1 is 1.21 bits per heavy atom. The van der Waals surface area contributed by atoms with E-state index >= 15 is 0 Å². The van der Waals surface area contributed by atoms with Crippen molar-refractivity contribution in [3.63, 3.8) is 0 Å². The molecule has 4 rings (SSSR count). The average molecular weight is 398 g/mol. The molecule has 0 aliphatic carbocycles. The third-order valence-electron chi connectivity index (χ3n) is 6.15. The van der Waals surface area contributed by atoms with Crippen LogP contribution in [0.25, 0.3) is 0 Å². The summed E-state index contributed by atoms with van der Waals surface area (Å²) in [5.74, 6) is 0.335. The van der Waals surface area contributed by atoms with E-state index < -0.39 is 0 Å². The zero-order chi connectivity index (χ0) is 19.6. The second-order valence-electron chi connectivity index (χ2n) is 7.78. The van der Waals surface area contributed by atoms with E-state index in [4.69, 9.17) is 0 Å². The van der Waals surface area contributed by atoms with Gasteiger partial charge in [0.2, 0.25) is 0 Å². The van der Waals surface area contributed by atoms with Gasteiger partial charge >= 0.3 is 5.91 Å². The van der Waals surface area contributed by atoms with Crippen molar-refractivity contribution in [2.75, 3.05) is 31.9 Å². The lowest BCUT2D eigenvalue weighted by molar-refractivity contribution is -0.127. The molecule has 1 N–H and O–H groups in total. The van der Waals surface area contributed by atoms with Crippen molar-refractivity contribution in [2.24, 2.45) is 0 Å². The molecule has 5 heteroatoms. The van der Waals surface area contributed by atoms with Crippen LogP contribution in [0, 0.1) is 5.82 Å². The second-order valence-corrected chi connectivity index (χ2v) is 8.83. The number of carbonyl (C=O) groups excluding carboxylic acids is 1. The molecule has 2 aliphatic heterocycles. The van der Waals surface area contributed by atoms with Crippen molar-refractivity contribution in [3.8, 4) is 0 Å². The van der Waals surface area contributed by atoms with Crippen molar-refractivity contribution in [2.45, 2.75) is 23.2 Å². The molecule has 1 unspecified atom stereocenters. The summed E-state index contributed by atoms with van der Waals surface area (Å²) in [4.78, 5) is 14.7. The Bertz CT molecular complexity index is 879. The van der Waals surface area contributed by atoms with Crippen molar-refractivity contribution in [3.05, 3.63) is 72.6 Å². The van der Waals surface area contributed by atoms with E-state index in [1.807, 2.05) is 42.5 Å². The van der Waals surface area contributed by atoms with E-state index in [-0.39, 0.29) is 21.6 Å². The van der Waals surface area contributed by atoms with Gasteiger partial charge in [-0.2, -0.15) is 0 Å². The number of hydrogen-bond donors (Lipinski definition) is 1. The number of thioether (sulfide) groups is 1. The molecule has 1 spiro atoms. The average Bonchev–Trinajstić information content (AvgIpc) is 2.97. The van der Waals surface area contributed by atoms with E-state index in [9.17, 15) is 9.18 Å². The third-order valence-corrected chi connectivity index (χ3v) is 7.14. The van der Waals surface area contributed by atoms with Crippen LogP contribution in [0.1, 0.15) is 18.4 Å². The molecular weight excluding hydrogens is 371 g/mol. The van der Waals surface area contributed by atoms with Crippen LogP contribution in [-0.4, -0.2) is 37.8 Å². The van der Waals surface area contributed by atoms with Gasteiger partial charge in [-0.25, -0.2) is 13.7 Å². The van der Waals surface area contributed by atoms with Crippen LogP contribution in [-0.2, 0) is 10.2 Å². The number of halogens is 1. The fourth-order valence-electron chi connectivity index (χ4n) is 4.82. The summed E-state index contributed by atoms with van der Waals surface area (Å²) in [6.45, 7) is 6.98. The summed E-state index contributed by atoms with van der Waals surface area (Å²) < 4.78 is 14.4. The Hall–Kier alpha value is -1.95. The predicted octanol–water partition coefficient (Wildman–Crippen LogP) is 4.27. The quantitative estimate of drug-likeness (QED) is 0.464. The van der Waals surface area contributed by atoms with Crippen molar-refractivity contribution in [1.29, 1.82) is 0 Å². The Balaban J connectivity index is 1.71. The van der Waals surface area contributed by atoms with Gasteiger partial charge in [-0.3, -0.25) is 0 Å². The summed E-state index contributed by atoms with van der Waals surface area (Å²) in [6.07, 6.45) is 3.69. The largest absolute Gasteiger partial charge is 0.329 e. The monoisotopic (exact) mass is 397 g/mol. The molecule has 0 bridgehead atoms. The highest BCUT2D eigenvalue weighted by Gasteiger charge is 2.56. The van der Waals surface area contributed by atoms with Gasteiger partial charge in [-0.05, 0) is 56.3 Å². The Kier molecular flexibility index (Phi) is 5.41. The first-order chi connectivity index (χ1) is 13.6. The molecule has 28 heavy (non-hydrogen) atoms. The van der Waals surface area contributed by atoms with E-state index in [1.165, 1.54) is 6.07 Å². The molecule has 1 saturated heterocycles. The van der Waals surface area contributed by atoms with Crippen LogP contribution >= 0.6 is 11.8 Å². The molecule has 2 aromatic carbocycles. The van der Waals surface area contributed by atoms with Gasteiger partial charge in [0.1, 0.15) is 30.3 Å². The first-order valence-electron chi connectivity index (χ1n) is 9.80. The number of nitrogens with one attached hydrogen (secondary N) is 1. The highest BCUT2D eigenvalue weighted by atomic mass is 32.2. The van der Waals surface area contributed by atoms with Crippen LogP contribution in [0.2, 0.25) is 0 Å². The van der Waals surface area contributed by atoms with Gasteiger partial charge in [-0.15, -0.1) is 11.8 Å². The van der Waals surface area contributed by atoms with Gasteiger partial charge in [0.15, 0.2) is 0 Å². The lowest BCUT2D eigenvalue weighted by Gasteiger charge is -2.36. The van der Waals surface area contributed by atoms with E-state index in [2.05, 4.69) is 11.9 Å². The Morgan fingerprint density at radius 3 is 2.68 bits per heavy atom. The van der Waals surface area contributed by atoms with Crippen LogP contribution in [0.3, 0.4) is 0 Å².